The number of rotatable bonds is 1. The second-order valence-corrected chi connectivity index (χ2v) is 2.72. The zero-order valence-electron chi connectivity index (χ0n) is 6.21. The van der Waals surface area contributed by atoms with Crippen molar-refractivity contribution < 1.29 is 25.2 Å². The van der Waals surface area contributed by atoms with Crippen LogP contribution in [-0.4, -0.2) is 57.3 Å². The molecule has 0 spiro atoms. The third-order valence-electron chi connectivity index (χ3n) is 1.88. The van der Waals surface area contributed by atoms with Gasteiger partial charge in [-0.2, -0.15) is 0 Å². The molecule has 0 aliphatic carbocycles. The molecule has 0 aromatic heterocycles. The molecule has 0 aromatic rings. The van der Waals surface area contributed by atoms with Crippen molar-refractivity contribution in [3.8, 4) is 0 Å². The van der Waals surface area contributed by atoms with Gasteiger partial charge in [-0.25, -0.2) is 0 Å². The lowest BCUT2D eigenvalue weighted by Gasteiger charge is -2.34. The Labute approximate surface area is 68.4 Å². The Balaban J connectivity index is 2.70. The summed E-state index contributed by atoms with van der Waals surface area (Å²) < 4.78 is 0. The fourth-order valence-electron chi connectivity index (χ4n) is 1.09. The van der Waals surface area contributed by atoms with E-state index in [2.05, 4.69) is 5.32 Å². The van der Waals surface area contributed by atoms with Crippen molar-refractivity contribution in [2.45, 2.75) is 24.4 Å². The van der Waals surface area contributed by atoms with Crippen molar-refractivity contribution in [2.75, 3.05) is 6.61 Å². The molecule has 0 radical (unpaired) electrons. The summed E-state index contributed by atoms with van der Waals surface area (Å²) in [4.78, 5) is 10.8. The minimum Gasteiger partial charge on any atom is -0.394 e. The van der Waals surface area contributed by atoms with Crippen molar-refractivity contribution in [2.24, 2.45) is 0 Å². The van der Waals surface area contributed by atoms with Gasteiger partial charge in [-0.1, -0.05) is 0 Å². The predicted molar refractivity (Wildman–Crippen MR) is 37.0 cm³/mol. The maximum absolute atomic E-state index is 10.8. The Morgan fingerprint density at radius 3 is 2.33 bits per heavy atom. The van der Waals surface area contributed by atoms with Crippen LogP contribution in [0.2, 0.25) is 0 Å². The smallest absolute Gasteiger partial charge is 0.252 e. The average molecular weight is 177 g/mol. The van der Waals surface area contributed by atoms with Crippen molar-refractivity contribution in [3.63, 3.8) is 0 Å². The zero-order valence-corrected chi connectivity index (χ0v) is 6.21. The summed E-state index contributed by atoms with van der Waals surface area (Å²) in [6.45, 7) is -0.476. The number of hydrogen-bond donors (Lipinski definition) is 5. The highest BCUT2D eigenvalue weighted by molar-refractivity contribution is 5.82. The third kappa shape index (κ3) is 1.42. The van der Waals surface area contributed by atoms with Gasteiger partial charge in [0.05, 0.1) is 12.6 Å². The van der Waals surface area contributed by atoms with Crippen LogP contribution in [0.4, 0.5) is 0 Å². The van der Waals surface area contributed by atoms with E-state index in [1.807, 2.05) is 0 Å². The Bertz CT molecular complexity index is 183. The molecular weight excluding hydrogens is 166 g/mol. The van der Waals surface area contributed by atoms with Crippen molar-refractivity contribution >= 4 is 5.91 Å². The number of piperidine rings is 1. The molecule has 6 nitrogen and oxygen atoms in total. The van der Waals surface area contributed by atoms with Crippen LogP contribution in [0.15, 0.2) is 0 Å². The molecule has 1 aliphatic heterocycles. The maximum atomic E-state index is 10.8. The zero-order chi connectivity index (χ0) is 9.30. The summed E-state index contributed by atoms with van der Waals surface area (Å²) in [7, 11) is 0. The van der Waals surface area contributed by atoms with Crippen LogP contribution >= 0.6 is 0 Å². The minimum absolute atomic E-state index is 0.476. The number of aliphatic hydroxyl groups excluding tert-OH is 4. The standard InChI is InChI=1S/C6H11NO5/c8-1-2-3(9)4(10)5(11)6(12)7-2/h2-5,8-11H,1H2,(H,7,12)/t2-,3+,4+,5+/m1/s1. The number of nitrogens with one attached hydrogen (secondary N) is 1. The van der Waals surface area contributed by atoms with Gasteiger partial charge in [0, 0.05) is 0 Å². The van der Waals surface area contributed by atoms with Crippen LogP contribution in [-0.2, 0) is 4.79 Å². The first-order valence-electron chi connectivity index (χ1n) is 3.53. The van der Waals surface area contributed by atoms with E-state index in [1.54, 1.807) is 0 Å². The van der Waals surface area contributed by atoms with Gasteiger partial charge >= 0.3 is 0 Å². The second kappa shape index (κ2) is 3.36. The van der Waals surface area contributed by atoms with Crippen molar-refractivity contribution in [1.82, 2.24) is 5.32 Å². The first-order chi connectivity index (χ1) is 5.57. The summed E-state index contributed by atoms with van der Waals surface area (Å²) >= 11 is 0. The number of carbonyl (C=O) groups excluding carboxylic acids is 1. The van der Waals surface area contributed by atoms with Gasteiger partial charge in [0.15, 0.2) is 6.10 Å². The number of aliphatic hydroxyl groups is 4. The van der Waals surface area contributed by atoms with Crippen LogP contribution < -0.4 is 5.32 Å². The lowest BCUT2D eigenvalue weighted by Crippen LogP contribution is -2.63. The first-order valence-corrected chi connectivity index (χ1v) is 3.53. The summed E-state index contributed by atoms with van der Waals surface area (Å²) in [5.41, 5.74) is 0. The monoisotopic (exact) mass is 177 g/mol. The molecule has 0 bridgehead atoms. The summed E-state index contributed by atoms with van der Waals surface area (Å²) in [5.74, 6) is -0.785. The van der Waals surface area contributed by atoms with Crippen molar-refractivity contribution in [3.05, 3.63) is 0 Å². The van der Waals surface area contributed by atoms with E-state index < -0.39 is 36.9 Å². The molecule has 4 atom stereocenters. The van der Waals surface area contributed by atoms with Gasteiger partial charge < -0.3 is 25.7 Å². The second-order valence-electron chi connectivity index (χ2n) is 2.72. The quantitative estimate of drug-likeness (QED) is 0.286. The van der Waals surface area contributed by atoms with Gasteiger partial charge in [0.1, 0.15) is 12.2 Å². The summed E-state index contributed by atoms with van der Waals surface area (Å²) in [5, 5.41) is 37.9. The van der Waals surface area contributed by atoms with E-state index in [4.69, 9.17) is 20.4 Å². The van der Waals surface area contributed by atoms with Crippen molar-refractivity contribution in [1.29, 1.82) is 0 Å². The van der Waals surface area contributed by atoms with Crippen LogP contribution in [0.5, 0.6) is 0 Å². The number of amides is 1. The van der Waals surface area contributed by atoms with E-state index in [0.717, 1.165) is 0 Å². The molecule has 0 saturated carbocycles. The summed E-state index contributed by atoms with van der Waals surface area (Å²) in [6, 6.07) is -0.907. The summed E-state index contributed by atoms with van der Waals surface area (Å²) in [6.07, 6.45) is -4.48. The molecule has 0 aromatic carbocycles. The molecule has 1 saturated heterocycles. The SMILES string of the molecule is O=C1N[C@H](CO)[C@H](O)[C@H](O)[C@@H]1O. The number of hydrogen-bond acceptors (Lipinski definition) is 5. The minimum atomic E-state index is -1.62. The van der Waals surface area contributed by atoms with Crippen LogP contribution in [0.3, 0.4) is 0 Å². The van der Waals surface area contributed by atoms with Gasteiger partial charge in [-0.3, -0.25) is 4.79 Å². The molecule has 1 heterocycles. The lowest BCUT2D eigenvalue weighted by molar-refractivity contribution is -0.155. The molecule has 1 fully saturated rings. The van der Waals surface area contributed by atoms with E-state index in [-0.39, 0.29) is 0 Å². The van der Waals surface area contributed by atoms with Gasteiger partial charge in [-0.05, 0) is 0 Å². The first kappa shape index (κ1) is 9.40. The fraction of sp³-hybridized carbons (Fsp3) is 0.833. The van der Waals surface area contributed by atoms with E-state index in [9.17, 15) is 4.79 Å². The van der Waals surface area contributed by atoms with Gasteiger partial charge in [0.2, 0.25) is 0 Å². The largest absolute Gasteiger partial charge is 0.394 e. The maximum Gasteiger partial charge on any atom is 0.252 e. The predicted octanol–water partition coefficient (Wildman–Crippen LogP) is -3.44. The average Bonchev–Trinajstić information content (AvgIpc) is 2.08. The molecule has 6 heteroatoms. The molecule has 70 valence electrons. The normalized spacial score (nSPS) is 42.5. The van der Waals surface area contributed by atoms with Gasteiger partial charge in [-0.15, -0.1) is 0 Å². The Hall–Kier alpha value is -0.690. The molecular formula is C6H11NO5. The topological polar surface area (TPSA) is 110 Å². The Morgan fingerprint density at radius 1 is 1.25 bits per heavy atom. The van der Waals surface area contributed by atoms with Crippen LogP contribution in [0.1, 0.15) is 0 Å². The highest BCUT2D eigenvalue weighted by atomic mass is 16.4. The lowest BCUT2D eigenvalue weighted by atomic mass is 9.96. The highest BCUT2D eigenvalue weighted by Crippen LogP contribution is 2.10. The molecule has 5 N–H and O–H groups in total. The van der Waals surface area contributed by atoms with E-state index >= 15 is 0 Å². The van der Waals surface area contributed by atoms with E-state index in [1.165, 1.54) is 0 Å². The third-order valence-corrected chi connectivity index (χ3v) is 1.88. The Kier molecular flexibility index (Phi) is 2.63. The highest BCUT2D eigenvalue weighted by Gasteiger charge is 2.40. The molecule has 1 aliphatic rings. The van der Waals surface area contributed by atoms with Crippen LogP contribution in [0, 0.1) is 0 Å². The fourth-order valence-corrected chi connectivity index (χ4v) is 1.09. The van der Waals surface area contributed by atoms with E-state index in [0.29, 0.717) is 0 Å². The molecule has 1 rings (SSSR count). The Morgan fingerprint density at radius 2 is 1.83 bits per heavy atom. The molecule has 0 unspecified atom stereocenters. The number of carbonyl (C=O) groups is 1. The molecule has 1 amide bonds. The van der Waals surface area contributed by atoms with Gasteiger partial charge in [0.25, 0.3) is 5.91 Å². The van der Waals surface area contributed by atoms with Crippen LogP contribution in [0.25, 0.3) is 0 Å². The molecule has 12 heavy (non-hydrogen) atoms.